The van der Waals surface area contributed by atoms with Gasteiger partial charge in [-0.3, -0.25) is 19.6 Å². The fourth-order valence-corrected chi connectivity index (χ4v) is 2.34. The number of amides is 3. The lowest BCUT2D eigenvalue weighted by atomic mass is 10.0. The maximum atomic E-state index is 12.9. The van der Waals surface area contributed by atoms with Crippen LogP contribution in [0.25, 0.3) is 11.1 Å². The Labute approximate surface area is 148 Å². The van der Waals surface area contributed by atoms with Crippen LogP contribution in [-0.4, -0.2) is 52.9 Å². The molecule has 3 amide bonds. The average Bonchev–Trinajstić information content (AvgIpc) is 2.67. The van der Waals surface area contributed by atoms with Crippen LogP contribution in [0.5, 0.6) is 0 Å². The molecule has 136 valence electrons. The maximum absolute atomic E-state index is 12.9. The topological polar surface area (TPSA) is 112 Å². The van der Waals surface area contributed by atoms with E-state index < -0.39 is 29.7 Å². The molecule has 1 aromatic carbocycles. The SMILES string of the molecule is CNC(=O)C(C(=O)NO)N(C)C(=O)c1ccc(-c2ccc(F)nc2)cc1. The smallest absolute Gasteiger partial charge is 0.275 e. The van der Waals surface area contributed by atoms with Gasteiger partial charge in [0.2, 0.25) is 5.95 Å². The molecule has 0 aliphatic heterocycles. The number of benzene rings is 1. The minimum atomic E-state index is -1.53. The molecule has 0 radical (unpaired) electrons. The fourth-order valence-electron chi connectivity index (χ4n) is 2.34. The van der Waals surface area contributed by atoms with Crippen molar-refractivity contribution in [2.24, 2.45) is 0 Å². The summed E-state index contributed by atoms with van der Waals surface area (Å²) in [5, 5.41) is 11.0. The van der Waals surface area contributed by atoms with Crippen LogP contribution in [0, 0.1) is 5.95 Å². The van der Waals surface area contributed by atoms with Gasteiger partial charge in [0, 0.05) is 31.4 Å². The number of hydrogen-bond donors (Lipinski definition) is 3. The Kier molecular flexibility index (Phi) is 5.97. The summed E-state index contributed by atoms with van der Waals surface area (Å²) in [6.07, 6.45) is 1.37. The van der Waals surface area contributed by atoms with Gasteiger partial charge >= 0.3 is 0 Å². The fraction of sp³-hybridized carbons (Fsp3) is 0.176. The summed E-state index contributed by atoms with van der Waals surface area (Å²) in [6, 6.07) is 7.54. The molecule has 0 fully saturated rings. The molecule has 0 aliphatic rings. The first kappa shape index (κ1) is 19.0. The zero-order chi connectivity index (χ0) is 19.3. The van der Waals surface area contributed by atoms with Gasteiger partial charge in [0.15, 0.2) is 6.04 Å². The van der Waals surface area contributed by atoms with E-state index in [0.717, 1.165) is 4.90 Å². The Morgan fingerprint density at radius 2 is 1.69 bits per heavy atom. The monoisotopic (exact) mass is 360 g/mol. The molecular formula is C17H17FN4O4. The molecule has 0 saturated carbocycles. The van der Waals surface area contributed by atoms with Crippen molar-refractivity contribution >= 4 is 17.7 Å². The molecule has 1 atom stereocenters. The highest BCUT2D eigenvalue weighted by molar-refractivity contribution is 6.08. The number of likely N-dealkylation sites (N-methyl/N-ethyl adjacent to an activating group) is 2. The van der Waals surface area contributed by atoms with Gasteiger partial charge in [-0.25, -0.2) is 10.5 Å². The molecular weight excluding hydrogens is 343 g/mol. The maximum Gasteiger partial charge on any atom is 0.275 e. The van der Waals surface area contributed by atoms with E-state index in [9.17, 15) is 18.8 Å². The third kappa shape index (κ3) is 4.01. The Hall–Kier alpha value is -3.33. The lowest BCUT2D eigenvalue weighted by Gasteiger charge is -2.25. The van der Waals surface area contributed by atoms with E-state index in [2.05, 4.69) is 10.3 Å². The first-order valence-electron chi connectivity index (χ1n) is 7.53. The lowest BCUT2D eigenvalue weighted by Crippen LogP contribution is -2.54. The summed E-state index contributed by atoms with van der Waals surface area (Å²) >= 11 is 0. The highest BCUT2D eigenvalue weighted by Crippen LogP contribution is 2.20. The van der Waals surface area contributed by atoms with Gasteiger partial charge in [0.25, 0.3) is 17.7 Å². The molecule has 1 unspecified atom stereocenters. The summed E-state index contributed by atoms with van der Waals surface area (Å²) in [6.45, 7) is 0. The van der Waals surface area contributed by atoms with Crippen LogP contribution in [-0.2, 0) is 9.59 Å². The third-order valence-electron chi connectivity index (χ3n) is 3.75. The Balaban J connectivity index is 2.24. The molecule has 1 heterocycles. The van der Waals surface area contributed by atoms with Crippen molar-refractivity contribution in [2.45, 2.75) is 6.04 Å². The molecule has 0 spiro atoms. The van der Waals surface area contributed by atoms with Crippen LogP contribution in [0.2, 0.25) is 0 Å². The number of carbonyl (C=O) groups is 3. The van der Waals surface area contributed by atoms with Crippen LogP contribution >= 0.6 is 0 Å². The van der Waals surface area contributed by atoms with Crippen molar-refractivity contribution in [3.8, 4) is 11.1 Å². The number of halogens is 1. The average molecular weight is 360 g/mol. The second-order valence-electron chi connectivity index (χ2n) is 5.36. The second-order valence-corrected chi connectivity index (χ2v) is 5.36. The quantitative estimate of drug-likeness (QED) is 0.313. The first-order chi connectivity index (χ1) is 12.4. The Morgan fingerprint density at radius 1 is 1.08 bits per heavy atom. The van der Waals surface area contributed by atoms with Crippen LogP contribution in [0.3, 0.4) is 0 Å². The molecule has 1 aromatic heterocycles. The van der Waals surface area contributed by atoms with E-state index in [-0.39, 0.29) is 5.56 Å². The minimum absolute atomic E-state index is 0.228. The van der Waals surface area contributed by atoms with Gasteiger partial charge in [-0.05, 0) is 29.8 Å². The zero-order valence-electron chi connectivity index (χ0n) is 14.1. The molecule has 8 nitrogen and oxygen atoms in total. The van der Waals surface area contributed by atoms with Crippen molar-refractivity contribution in [3.63, 3.8) is 0 Å². The van der Waals surface area contributed by atoms with E-state index >= 15 is 0 Å². The van der Waals surface area contributed by atoms with Gasteiger partial charge in [0.1, 0.15) is 0 Å². The van der Waals surface area contributed by atoms with Crippen molar-refractivity contribution in [3.05, 3.63) is 54.1 Å². The van der Waals surface area contributed by atoms with E-state index in [4.69, 9.17) is 5.21 Å². The number of carbonyl (C=O) groups excluding carboxylic acids is 3. The molecule has 9 heteroatoms. The molecule has 3 N–H and O–H groups in total. The van der Waals surface area contributed by atoms with Gasteiger partial charge in [-0.1, -0.05) is 12.1 Å². The summed E-state index contributed by atoms with van der Waals surface area (Å²) in [5.41, 5.74) is 2.98. The van der Waals surface area contributed by atoms with Gasteiger partial charge in [0.05, 0.1) is 0 Å². The predicted octanol–water partition coefficient (Wildman–Crippen LogP) is 0.580. The van der Waals surface area contributed by atoms with Crippen molar-refractivity contribution in [1.82, 2.24) is 20.7 Å². The number of aromatic nitrogens is 1. The zero-order valence-corrected chi connectivity index (χ0v) is 14.1. The summed E-state index contributed by atoms with van der Waals surface area (Å²) in [7, 11) is 2.58. The van der Waals surface area contributed by atoms with Crippen LogP contribution in [0.1, 0.15) is 10.4 Å². The van der Waals surface area contributed by atoms with Crippen LogP contribution in [0.4, 0.5) is 4.39 Å². The third-order valence-corrected chi connectivity index (χ3v) is 3.75. The van der Waals surface area contributed by atoms with Crippen LogP contribution < -0.4 is 10.8 Å². The Morgan fingerprint density at radius 3 is 2.19 bits per heavy atom. The van der Waals surface area contributed by atoms with E-state index in [1.165, 1.54) is 44.0 Å². The van der Waals surface area contributed by atoms with Gasteiger partial charge in [-0.15, -0.1) is 0 Å². The van der Waals surface area contributed by atoms with E-state index in [0.29, 0.717) is 11.1 Å². The largest absolute Gasteiger partial charge is 0.357 e. The van der Waals surface area contributed by atoms with Gasteiger partial charge in [-0.2, -0.15) is 4.39 Å². The second kappa shape index (κ2) is 8.17. The highest BCUT2D eigenvalue weighted by Gasteiger charge is 2.33. The number of rotatable bonds is 5. The molecule has 2 aromatic rings. The first-order valence-corrected chi connectivity index (χ1v) is 7.53. The minimum Gasteiger partial charge on any atom is -0.357 e. The number of pyridine rings is 1. The highest BCUT2D eigenvalue weighted by atomic mass is 19.1. The standard InChI is InChI=1S/C17H17FN4O4/c1-19-15(23)14(16(24)21-26)22(2)17(25)11-5-3-10(4-6-11)12-7-8-13(18)20-9-12/h3-9,14,26H,1-2H3,(H,19,23)(H,21,24). The number of nitrogens with zero attached hydrogens (tertiary/aromatic N) is 2. The molecule has 2 rings (SSSR count). The molecule has 0 aliphatic carbocycles. The van der Waals surface area contributed by atoms with Crippen molar-refractivity contribution in [2.75, 3.05) is 14.1 Å². The van der Waals surface area contributed by atoms with E-state index in [1.54, 1.807) is 18.2 Å². The lowest BCUT2D eigenvalue weighted by molar-refractivity contribution is -0.140. The van der Waals surface area contributed by atoms with Gasteiger partial charge < -0.3 is 10.2 Å². The van der Waals surface area contributed by atoms with Crippen LogP contribution in [0.15, 0.2) is 42.6 Å². The molecule has 26 heavy (non-hydrogen) atoms. The van der Waals surface area contributed by atoms with Crippen molar-refractivity contribution < 1.29 is 24.0 Å². The number of nitrogens with one attached hydrogen (secondary N) is 2. The Bertz CT molecular complexity index is 793. The molecule has 0 bridgehead atoms. The number of hydroxylamine groups is 1. The summed E-state index contributed by atoms with van der Waals surface area (Å²) in [5.74, 6) is -2.97. The van der Waals surface area contributed by atoms with E-state index in [1.807, 2.05) is 0 Å². The number of hydrogen-bond acceptors (Lipinski definition) is 5. The predicted molar refractivity (Wildman–Crippen MR) is 89.5 cm³/mol. The normalized spacial score (nSPS) is 11.4. The molecule has 0 saturated heterocycles. The van der Waals surface area contributed by atoms with Crippen molar-refractivity contribution in [1.29, 1.82) is 0 Å². The summed E-state index contributed by atoms with van der Waals surface area (Å²) in [4.78, 5) is 40.6. The summed E-state index contributed by atoms with van der Waals surface area (Å²) < 4.78 is 12.9.